The zero-order valence-corrected chi connectivity index (χ0v) is 22.7. The van der Waals surface area contributed by atoms with Crippen LogP contribution in [0.25, 0.3) is 0 Å². The van der Waals surface area contributed by atoms with Crippen LogP contribution in [0.4, 0.5) is 17.6 Å². The Morgan fingerprint density at radius 3 is 1.45 bits per heavy atom. The van der Waals surface area contributed by atoms with E-state index in [2.05, 4.69) is 10.6 Å². The molecule has 0 aliphatic carbocycles. The third-order valence-corrected chi connectivity index (χ3v) is 9.27. The lowest BCUT2D eigenvalue weighted by atomic mass is 9.91. The standard InChI is InChI=1S/C25H30Cl2F4N6O/c1-34-15-7-32-5-3-13(15)17(26)19(34)21(36-9-24(28,29)10-36)23(38)22(37-11-25(30,31)12-37)20-18(27)14-4-6-33-8-16(14)35(20)2/h21-22,32-33H,3-12H2,1-2H3. The van der Waals surface area contributed by atoms with E-state index in [1.807, 2.05) is 9.13 Å². The molecule has 0 aromatic carbocycles. The average Bonchev–Trinajstić information content (AvgIpc) is 3.23. The van der Waals surface area contributed by atoms with Gasteiger partial charge >= 0.3 is 0 Å². The number of likely N-dealkylation sites (tertiary alicyclic amines) is 2. The first-order valence-corrected chi connectivity index (χ1v) is 13.6. The second-order valence-corrected chi connectivity index (χ2v) is 11.7. The number of nitrogens with one attached hydrogen (secondary N) is 2. The zero-order chi connectivity index (χ0) is 27.1. The molecule has 4 aliphatic heterocycles. The summed E-state index contributed by atoms with van der Waals surface area (Å²) in [4.78, 5) is 17.4. The summed E-state index contributed by atoms with van der Waals surface area (Å²) < 4.78 is 60.2. The van der Waals surface area contributed by atoms with Crippen LogP contribution in [0.3, 0.4) is 0 Å². The smallest absolute Gasteiger partial charge is 0.273 e. The Morgan fingerprint density at radius 2 is 1.13 bits per heavy atom. The molecule has 0 bridgehead atoms. The van der Waals surface area contributed by atoms with Crippen LogP contribution in [-0.4, -0.2) is 75.8 Å². The highest BCUT2D eigenvalue weighted by Gasteiger charge is 2.56. The van der Waals surface area contributed by atoms with Crippen molar-refractivity contribution < 1.29 is 22.4 Å². The van der Waals surface area contributed by atoms with Crippen LogP contribution in [0.15, 0.2) is 0 Å². The van der Waals surface area contributed by atoms with E-state index in [-0.39, 0.29) is 0 Å². The molecule has 0 amide bonds. The number of aromatic nitrogens is 2. The summed E-state index contributed by atoms with van der Waals surface area (Å²) in [5.41, 5.74) is 4.42. The summed E-state index contributed by atoms with van der Waals surface area (Å²) in [6.07, 6.45) is 1.29. The number of carbonyl (C=O) groups is 1. The number of rotatable bonds is 6. The molecule has 4 aliphatic rings. The molecule has 2 aromatic rings. The molecule has 38 heavy (non-hydrogen) atoms. The highest BCUT2D eigenvalue weighted by Crippen LogP contribution is 2.47. The minimum Gasteiger partial charge on any atom is -0.347 e. The molecular weight excluding hydrogens is 547 g/mol. The van der Waals surface area contributed by atoms with E-state index in [9.17, 15) is 22.4 Å². The molecule has 2 aromatic heterocycles. The predicted molar refractivity (Wildman–Crippen MR) is 135 cm³/mol. The summed E-state index contributed by atoms with van der Waals surface area (Å²) in [5, 5.41) is 7.33. The van der Waals surface area contributed by atoms with Gasteiger partial charge in [0.1, 0.15) is 12.1 Å². The van der Waals surface area contributed by atoms with E-state index < -0.39 is 55.9 Å². The Hall–Kier alpha value is -1.63. The summed E-state index contributed by atoms with van der Waals surface area (Å²) >= 11 is 13.7. The number of carbonyl (C=O) groups excluding carboxylic acids is 1. The van der Waals surface area contributed by atoms with E-state index in [1.54, 1.807) is 14.1 Å². The first-order valence-electron chi connectivity index (χ1n) is 12.8. The Labute approximate surface area is 228 Å². The van der Waals surface area contributed by atoms with Crippen LogP contribution < -0.4 is 10.6 Å². The first kappa shape index (κ1) is 26.6. The van der Waals surface area contributed by atoms with Crippen molar-refractivity contribution in [3.05, 3.63) is 43.9 Å². The largest absolute Gasteiger partial charge is 0.347 e. The Morgan fingerprint density at radius 1 is 0.763 bits per heavy atom. The Bertz CT molecular complexity index is 1140. The van der Waals surface area contributed by atoms with Crippen LogP contribution in [0.5, 0.6) is 0 Å². The lowest BCUT2D eigenvalue weighted by Crippen LogP contribution is -2.62. The minimum absolute atomic E-state index is 0.381. The second-order valence-electron chi connectivity index (χ2n) is 10.9. The number of alkyl halides is 4. The number of ketones is 1. The molecule has 13 heteroatoms. The van der Waals surface area contributed by atoms with Crippen molar-refractivity contribution in [2.75, 3.05) is 39.3 Å². The fourth-order valence-corrected chi connectivity index (χ4v) is 7.41. The van der Waals surface area contributed by atoms with E-state index in [4.69, 9.17) is 23.2 Å². The summed E-state index contributed by atoms with van der Waals surface area (Å²) in [6, 6.07) is -2.28. The second kappa shape index (κ2) is 9.21. The van der Waals surface area contributed by atoms with Crippen LogP contribution >= 0.6 is 23.2 Å². The molecule has 2 atom stereocenters. The van der Waals surface area contributed by atoms with E-state index in [1.165, 1.54) is 9.80 Å². The number of halogens is 6. The normalized spacial score (nSPS) is 24.2. The Kier molecular flexibility index (Phi) is 6.44. The van der Waals surface area contributed by atoms with E-state index in [0.29, 0.717) is 60.5 Å². The van der Waals surface area contributed by atoms with Gasteiger partial charge in [0.05, 0.1) is 47.6 Å². The third-order valence-electron chi connectivity index (χ3n) is 8.42. The van der Waals surface area contributed by atoms with Crippen LogP contribution in [-0.2, 0) is 44.8 Å². The quantitative estimate of drug-likeness (QED) is 0.517. The number of hydrogen-bond acceptors (Lipinski definition) is 5. The number of nitrogens with zero attached hydrogens (tertiary/aromatic N) is 4. The number of fused-ring (bicyclic) bond motifs is 2. The van der Waals surface area contributed by atoms with Crippen LogP contribution in [0, 0.1) is 0 Å². The maximum atomic E-state index is 14.6. The van der Waals surface area contributed by atoms with Crippen molar-refractivity contribution in [2.24, 2.45) is 14.1 Å². The predicted octanol–water partition coefficient (Wildman–Crippen LogP) is 3.22. The number of Topliss-reactive ketones (excluding diaryl/α,β-unsaturated/α-hetero) is 1. The van der Waals surface area contributed by atoms with Gasteiger partial charge in [0.25, 0.3) is 11.8 Å². The van der Waals surface area contributed by atoms with E-state index >= 15 is 0 Å². The van der Waals surface area contributed by atoms with Gasteiger partial charge in [-0.15, -0.1) is 0 Å². The lowest BCUT2D eigenvalue weighted by Gasteiger charge is -2.47. The van der Waals surface area contributed by atoms with Crippen molar-refractivity contribution >= 4 is 29.0 Å². The average molecular weight is 577 g/mol. The molecule has 6 rings (SSSR count). The molecule has 6 heterocycles. The minimum atomic E-state index is -2.94. The summed E-state index contributed by atoms with van der Waals surface area (Å²) in [7, 11) is 3.55. The first-order chi connectivity index (χ1) is 17.9. The van der Waals surface area contributed by atoms with Gasteiger partial charge in [0.15, 0.2) is 5.78 Å². The summed E-state index contributed by atoms with van der Waals surface area (Å²) in [5.74, 6) is -6.36. The SMILES string of the molecule is Cn1c2c(c(Cl)c1C(C(=O)C(c1c(Cl)c3c(n1C)CNCC3)N1CC(F)(F)C1)N1CC(F)(F)C1)CCNC2. The molecule has 2 saturated heterocycles. The van der Waals surface area contributed by atoms with Gasteiger partial charge in [-0.1, -0.05) is 23.2 Å². The molecule has 7 nitrogen and oxygen atoms in total. The van der Waals surface area contributed by atoms with Gasteiger partial charge in [0.2, 0.25) is 0 Å². The van der Waals surface area contributed by atoms with Crippen molar-refractivity contribution in [3.63, 3.8) is 0 Å². The van der Waals surface area contributed by atoms with Crippen molar-refractivity contribution in [3.8, 4) is 0 Å². The molecule has 208 valence electrons. The molecule has 0 radical (unpaired) electrons. The fraction of sp³-hybridized carbons (Fsp3) is 0.640. The van der Waals surface area contributed by atoms with E-state index in [0.717, 1.165) is 22.5 Å². The monoisotopic (exact) mass is 576 g/mol. The maximum absolute atomic E-state index is 14.6. The zero-order valence-electron chi connectivity index (χ0n) is 21.2. The van der Waals surface area contributed by atoms with Gasteiger partial charge in [-0.25, -0.2) is 17.6 Å². The van der Waals surface area contributed by atoms with Crippen LogP contribution in [0.2, 0.25) is 10.0 Å². The Balaban J connectivity index is 1.48. The molecule has 2 N–H and O–H groups in total. The van der Waals surface area contributed by atoms with Crippen molar-refractivity contribution in [1.29, 1.82) is 0 Å². The van der Waals surface area contributed by atoms with Gasteiger partial charge in [-0.3, -0.25) is 14.6 Å². The topological polar surface area (TPSA) is 57.5 Å². The molecular formula is C25H30Cl2F4N6O. The molecule has 0 spiro atoms. The van der Waals surface area contributed by atoms with Gasteiger partial charge in [0, 0.05) is 38.6 Å². The highest BCUT2D eigenvalue weighted by molar-refractivity contribution is 6.33. The maximum Gasteiger partial charge on any atom is 0.273 e. The highest BCUT2D eigenvalue weighted by atomic mass is 35.5. The van der Waals surface area contributed by atoms with Crippen molar-refractivity contribution in [2.45, 2.75) is 49.9 Å². The molecule has 2 unspecified atom stereocenters. The van der Waals surface area contributed by atoms with Crippen molar-refractivity contribution in [1.82, 2.24) is 29.6 Å². The van der Waals surface area contributed by atoms with Gasteiger partial charge < -0.3 is 19.8 Å². The van der Waals surface area contributed by atoms with Crippen LogP contribution in [0.1, 0.15) is 46.0 Å². The molecule has 2 fully saturated rings. The third kappa shape index (κ3) is 4.12. The van der Waals surface area contributed by atoms with Gasteiger partial charge in [-0.05, 0) is 37.1 Å². The van der Waals surface area contributed by atoms with Gasteiger partial charge in [-0.2, -0.15) is 0 Å². The number of hydrogen-bond donors (Lipinski definition) is 2. The summed E-state index contributed by atoms with van der Waals surface area (Å²) in [6.45, 7) is 0.0364. The molecule has 0 saturated carbocycles. The fourth-order valence-electron chi connectivity index (χ4n) is 6.54. The lowest BCUT2D eigenvalue weighted by molar-refractivity contribution is -0.174.